The van der Waals surface area contributed by atoms with Crippen LogP contribution in [0.1, 0.15) is 11.1 Å². The number of aromatic amines is 1. The third-order valence-electron chi connectivity index (χ3n) is 6.59. The van der Waals surface area contributed by atoms with Crippen LogP contribution in [-0.2, 0) is 24.8 Å². The predicted molar refractivity (Wildman–Crippen MR) is 130 cm³/mol. The van der Waals surface area contributed by atoms with Gasteiger partial charge in [-0.25, -0.2) is 16.8 Å². The fourth-order valence-electron chi connectivity index (χ4n) is 4.48. The molecule has 2 N–H and O–H groups in total. The van der Waals surface area contributed by atoms with Gasteiger partial charge in [-0.3, -0.25) is 9.62 Å². The fourth-order valence-corrected chi connectivity index (χ4v) is 6.97. The molecule has 2 fully saturated rings. The number of aromatic nitrogens is 1. The Balaban J connectivity index is 1.34. The molecule has 35 heavy (non-hydrogen) atoms. The Hall–Kier alpha value is -2.95. The first-order valence-corrected chi connectivity index (χ1v) is 14.1. The summed E-state index contributed by atoms with van der Waals surface area (Å²) < 4.78 is 61.5. The number of rotatable bonds is 6. The van der Waals surface area contributed by atoms with Crippen LogP contribution in [0.5, 0.6) is 0 Å². The summed E-state index contributed by atoms with van der Waals surface area (Å²) in [6.45, 7) is 5.26. The summed E-state index contributed by atoms with van der Waals surface area (Å²) in [6.07, 6.45) is 1.54. The van der Waals surface area contributed by atoms with Crippen molar-refractivity contribution in [3.63, 3.8) is 0 Å². The molecule has 2 aliphatic heterocycles. The van der Waals surface area contributed by atoms with E-state index in [9.17, 15) is 22.1 Å². The van der Waals surface area contributed by atoms with Gasteiger partial charge in [0.05, 0.1) is 45.8 Å². The lowest BCUT2D eigenvalue weighted by Crippen LogP contribution is -2.57. The van der Waals surface area contributed by atoms with E-state index in [1.54, 1.807) is 12.1 Å². The molecular formula is C23H25N5O5S2. The molecule has 0 atom stereocenters. The molecule has 12 heteroatoms. The minimum Gasteiger partial charge on any atom is -0.378 e. The molecule has 5 rings (SSSR count). The SMILES string of the molecule is Cc1ccc(NS(=O)(=O)c2ccc(S(=O)(=O)N3CCN(C4COC4)CC3)cc2)c2[nH]cc(C#N)c12. The van der Waals surface area contributed by atoms with Gasteiger partial charge in [0.15, 0.2) is 0 Å². The van der Waals surface area contributed by atoms with Crippen molar-refractivity contribution in [1.29, 1.82) is 5.26 Å². The minimum absolute atomic E-state index is 0.0534. The second-order valence-corrected chi connectivity index (χ2v) is 12.3. The third kappa shape index (κ3) is 4.30. The second kappa shape index (κ2) is 8.92. The Morgan fingerprint density at radius 1 is 1.00 bits per heavy atom. The van der Waals surface area contributed by atoms with Gasteiger partial charge in [-0.05, 0) is 42.8 Å². The maximum absolute atomic E-state index is 13.1. The number of sulfonamides is 2. The number of nitriles is 1. The van der Waals surface area contributed by atoms with E-state index in [1.807, 2.05) is 6.92 Å². The highest BCUT2D eigenvalue weighted by molar-refractivity contribution is 7.92. The molecule has 0 aliphatic carbocycles. The Bertz CT molecular complexity index is 1510. The van der Waals surface area contributed by atoms with Crippen LogP contribution >= 0.6 is 0 Å². The number of anilines is 1. The van der Waals surface area contributed by atoms with Crippen molar-refractivity contribution in [2.45, 2.75) is 22.8 Å². The Labute approximate surface area is 204 Å². The van der Waals surface area contributed by atoms with Crippen molar-refractivity contribution in [3.05, 3.63) is 53.7 Å². The number of hydrogen-bond donors (Lipinski definition) is 2. The Kier molecular flexibility index (Phi) is 6.06. The molecule has 0 bridgehead atoms. The molecule has 0 unspecified atom stereocenters. The fraction of sp³-hybridized carbons (Fsp3) is 0.348. The van der Waals surface area contributed by atoms with Gasteiger partial charge < -0.3 is 9.72 Å². The number of hydrogen-bond acceptors (Lipinski definition) is 7. The van der Waals surface area contributed by atoms with Crippen LogP contribution in [0.25, 0.3) is 10.9 Å². The molecule has 0 spiro atoms. The van der Waals surface area contributed by atoms with Crippen molar-refractivity contribution >= 4 is 36.6 Å². The standard InChI is InChI=1S/C23H25N5O5S2/c1-16-2-7-21(23-22(16)17(12-24)13-25-23)26-34(29,30)19-3-5-20(6-4-19)35(31,32)28-10-8-27(9-11-28)18-14-33-15-18/h2-7,13,18,25-26H,8-11,14-15H2,1H3. The van der Waals surface area contributed by atoms with E-state index in [0.29, 0.717) is 67.6 Å². The molecule has 2 aliphatic rings. The van der Waals surface area contributed by atoms with Crippen LogP contribution < -0.4 is 4.72 Å². The zero-order valence-electron chi connectivity index (χ0n) is 19.1. The van der Waals surface area contributed by atoms with E-state index < -0.39 is 20.0 Å². The topological polar surface area (TPSA) is 136 Å². The van der Waals surface area contributed by atoms with Crippen LogP contribution in [-0.4, -0.2) is 76.5 Å². The largest absolute Gasteiger partial charge is 0.378 e. The smallest absolute Gasteiger partial charge is 0.261 e. The van der Waals surface area contributed by atoms with Gasteiger partial charge in [-0.2, -0.15) is 9.57 Å². The van der Waals surface area contributed by atoms with Crippen LogP contribution in [0.4, 0.5) is 5.69 Å². The first-order valence-electron chi connectivity index (χ1n) is 11.2. The maximum Gasteiger partial charge on any atom is 0.261 e. The Morgan fingerprint density at radius 3 is 2.26 bits per heavy atom. The van der Waals surface area contributed by atoms with Crippen molar-refractivity contribution in [2.75, 3.05) is 44.1 Å². The van der Waals surface area contributed by atoms with E-state index in [0.717, 1.165) is 5.56 Å². The first kappa shape index (κ1) is 23.8. The van der Waals surface area contributed by atoms with E-state index >= 15 is 0 Å². The summed E-state index contributed by atoms with van der Waals surface area (Å²) in [4.78, 5) is 5.19. The van der Waals surface area contributed by atoms with E-state index in [1.165, 1.54) is 34.8 Å². The molecule has 10 nitrogen and oxygen atoms in total. The van der Waals surface area contributed by atoms with Gasteiger partial charge in [0.25, 0.3) is 10.0 Å². The van der Waals surface area contributed by atoms with Crippen molar-refractivity contribution < 1.29 is 21.6 Å². The van der Waals surface area contributed by atoms with Gasteiger partial charge in [0.1, 0.15) is 6.07 Å². The van der Waals surface area contributed by atoms with Crippen LogP contribution in [0.15, 0.2) is 52.4 Å². The zero-order valence-corrected chi connectivity index (χ0v) is 20.7. The Morgan fingerprint density at radius 2 is 1.66 bits per heavy atom. The summed E-state index contributed by atoms with van der Waals surface area (Å²) in [5.41, 5.74) is 2.09. The summed E-state index contributed by atoms with van der Waals surface area (Å²) in [6, 6.07) is 11.0. The predicted octanol–water partition coefficient (Wildman–Crippen LogP) is 1.85. The minimum atomic E-state index is -4.00. The molecule has 3 aromatic rings. The summed E-state index contributed by atoms with van der Waals surface area (Å²) in [7, 11) is -7.73. The average Bonchev–Trinajstić information content (AvgIpc) is 3.26. The molecule has 0 saturated carbocycles. The molecule has 1 aromatic heterocycles. The lowest BCUT2D eigenvalue weighted by Gasteiger charge is -2.42. The van der Waals surface area contributed by atoms with E-state index in [-0.39, 0.29) is 9.79 Å². The molecule has 0 radical (unpaired) electrons. The van der Waals surface area contributed by atoms with Crippen LogP contribution in [0, 0.1) is 18.3 Å². The summed E-state index contributed by atoms with van der Waals surface area (Å²) in [5, 5.41) is 9.97. The van der Waals surface area contributed by atoms with Crippen molar-refractivity contribution in [3.8, 4) is 6.07 Å². The van der Waals surface area contributed by atoms with Gasteiger partial charge in [-0.1, -0.05) is 6.07 Å². The lowest BCUT2D eigenvalue weighted by atomic mass is 10.1. The van der Waals surface area contributed by atoms with Gasteiger partial charge in [-0.15, -0.1) is 0 Å². The maximum atomic E-state index is 13.1. The third-order valence-corrected chi connectivity index (χ3v) is 9.88. The van der Waals surface area contributed by atoms with E-state index in [2.05, 4.69) is 20.7 Å². The number of benzene rings is 2. The molecule has 2 saturated heterocycles. The monoisotopic (exact) mass is 515 g/mol. The zero-order chi connectivity index (χ0) is 24.8. The van der Waals surface area contributed by atoms with Gasteiger partial charge in [0.2, 0.25) is 10.0 Å². The summed E-state index contributed by atoms with van der Waals surface area (Å²) in [5.74, 6) is 0. The van der Waals surface area contributed by atoms with Crippen LogP contribution in [0.2, 0.25) is 0 Å². The average molecular weight is 516 g/mol. The first-order chi connectivity index (χ1) is 16.7. The number of aryl methyl sites for hydroxylation is 1. The quantitative estimate of drug-likeness (QED) is 0.511. The van der Waals surface area contributed by atoms with Crippen molar-refractivity contribution in [2.24, 2.45) is 0 Å². The molecule has 0 amide bonds. The van der Waals surface area contributed by atoms with Crippen molar-refractivity contribution in [1.82, 2.24) is 14.2 Å². The number of nitrogens with zero attached hydrogens (tertiary/aromatic N) is 3. The second-order valence-electron chi connectivity index (χ2n) is 8.70. The number of fused-ring (bicyclic) bond motifs is 1. The summed E-state index contributed by atoms with van der Waals surface area (Å²) >= 11 is 0. The molecule has 3 heterocycles. The highest BCUT2D eigenvalue weighted by Crippen LogP contribution is 2.30. The number of piperazine rings is 1. The van der Waals surface area contributed by atoms with E-state index in [4.69, 9.17) is 4.74 Å². The highest BCUT2D eigenvalue weighted by Gasteiger charge is 2.33. The van der Waals surface area contributed by atoms with Gasteiger partial charge >= 0.3 is 0 Å². The van der Waals surface area contributed by atoms with Crippen LogP contribution in [0.3, 0.4) is 0 Å². The van der Waals surface area contributed by atoms with Gasteiger partial charge in [0, 0.05) is 37.8 Å². The molecule has 2 aromatic carbocycles. The number of nitrogens with one attached hydrogen (secondary N) is 2. The lowest BCUT2D eigenvalue weighted by molar-refractivity contribution is -0.0721. The molecule has 184 valence electrons. The normalized spacial score (nSPS) is 18.3. The number of ether oxygens (including phenoxy) is 1. The molecular weight excluding hydrogens is 490 g/mol. The highest BCUT2D eigenvalue weighted by atomic mass is 32.2. The number of H-pyrrole nitrogens is 1.